The predicted molar refractivity (Wildman–Crippen MR) is 135 cm³/mol. The van der Waals surface area contributed by atoms with E-state index >= 15 is 0 Å². The maximum Gasteiger partial charge on any atom is 0.170 e. The van der Waals surface area contributed by atoms with Crippen molar-refractivity contribution in [3.8, 4) is 5.69 Å². The largest absolute Gasteiger partial charge is 0.385 e. The first kappa shape index (κ1) is 21.2. The highest BCUT2D eigenvalue weighted by Crippen LogP contribution is 2.39. The van der Waals surface area contributed by atoms with Gasteiger partial charge >= 0.3 is 0 Å². The second-order valence-corrected chi connectivity index (χ2v) is 8.37. The molecular formula is C26H26N6S. The average molecular weight is 455 g/mol. The van der Waals surface area contributed by atoms with Crippen LogP contribution in [0.1, 0.15) is 29.9 Å². The van der Waals surface area contributed by atoms with Gasteiger partial charge in [-0.05, 0) is 67.2 Å². The lowest BCUT2D eigenvalue weighted by Gasteiger charge is -2.29. The molecule has 4 heterocycles. The summed E-state index contributed by atoms with van der Waals surface area (Å²) in [6.45, 7) is 1.70. The number of rotatable bonds is 8. The van der Waals surface area contributed by atoms with Crippen molar-refractivity contribution in [3.63, 3.8) is 0 Å². The summed E-state index contributed by atoms with van der Waals surface area (Å²) in [5.74, 6) is 0. The number of nitrogens with zero attached hydrogens (tertiary/aromatic N) is 4. The Bertz CT molecular complexity index is 1180. The summed E-state index contributed by atoms with van der Waals surface area (Å²) in [4.78, 5) is 11.3. The quantitative estimate of drug-likeness (QED) is 0.296. The summed E-state index contributed by atoms with van der Waals surface area (Å²) >= 11 is 5.82. The van der Waals surface area contributed by atoms with Crippen molar-refractivity contribution in [3.05, 3.63) is 109 Å². The highest BCUT2D eigenvalue weighted by Gasteiger charge is 2.40. The Labute approximate surface area is 199 Å². The molecule has 5 rings (SSSR count). The number of anilines is 1. The van der Waals surface area contributed by atoms with Crippen LogP contribution in [0.4, 0.5) is 5.69 Å². The summed E-state index contributed by atoms with van der Waals surface area (Å²) in [6, 6.07) is 24.6. The number of para-hydroxylation sites is 1. The Kier molecular flexibility index (Phi) is 6.30. The van der Waals surface area contributed by atoms with Crippen molar-refractivity contribution in [1.29, 1.82) is 0 Å². The lowest BCUT2D eigenvalue weighted by atomic mass is 10.0. The van der Waals surface area contributed by atoms with Gasteiger partial charge in [0.1, 0.15) is 0 Å². The fourth-order valence-electron chi connectivity index (χ4n) is 4.37. The molecule has 0 unspecified atom stereocenters. The second-order valence-electron chi connectivity index (χ2n) is 7.98. The molecule has 0 aliphatic carbocycles. The first-order chi connectivity index (χ1) is 16.3. The molecule has 33 heavy (non-hydrogen) atoms. The molecule has 0 spiro atoms. The van der Waals surface area contributed by atoms with Crippen LogP contribution < -0.4 is 10.6 Å². The summed E-state index contributed by atoms with van der Waals surface area (Å²) in [5.41, 5.74) is 4.30. The molecule has 0 radical (unpaired) electrons. The third kappa shape index (κ3) is 4.59. The monoisotopic (exact) mass is 454 g/mol. The van der Waals surface area contributed by atoms with Crippen molar-refractivity contribution < 1.29 is 0 Å². The van der Waals surface area contributed by atoms with Crippen molar-refractivity contribution in [2.75, 3.05) is 18.4 Å². The zero-order valence-corrected chi connectivity index (χ0v) is 19.0. The molecule has 2 atom stereocenters. The molecule has 166 valence electrons. The minimum absolute atomic E-state index is 0.0133. The molecule has 0 bridgehead atoms. The van der Waals surface area contributed by atoms with E-state index in [1.54, 1.807) is 6.20 Å². The third-order valence-corrected chi connectivity index (χ3v) is 6.24. The van der Waals surface area contributed by atoms with Crippen molar-refractivity contribution in [2.24, 2.45) is 0 Å². The number of hydrogen-bond donors (Lipinski definition) is 2. The molecule has 0 saturated carbocycles. The van der Waals surface area contributed by atoms with Crippen LogP contribution in [-0.4, -0.2) is 37.6 Å². The van der Waals surface area contributed by atoms with Gasteiger partial charge < -0.3 is 20.1 Å². The molecule has 3 aromatic heterocycles. The number of thiocarbonyl (C=S) groups is 1. The smallest absolute Gasteiger partial charge is 0.170 e. The van der Waals surface area contributed by atoms with Crippen LogP contribution in [0.2, 0.25) is 0 Å². The highest BCUT2D eigenvalue weighted by atomic mass is 32.1. The highest BCUT2D eigenvalue weighted by molar-refractivity contribution is 7.80. The summed E-state index contributed by atoms with van der Waals surface area (Å²) in [7, 11) is 0. The lowest BCUT2D eigenvalue weighted by Crippen LogP contribution is -2.32. The number of benzene rings is 1. The van der Waals surface area contributed by atoms with Gasteiger partial charge in [-0.15, -0.1) is 0 Å². The number of aromatic nitrogens is 3. The van der Waals surface area contributed by atoms with Crippen LogP contribution in [0, 0.1) is 0 Å². The predicted octanol–water partition coefficient (Wildman–Crippen LogP) is 4.74. The van der Waals surface area contributed by atoms with Gasteiger partial charge in [-0.2, -0.15) is 0 Å². The van der Waals surface area contributed by atoms with Crippen molar-refractivity contribution in [2.45, 2.75) is 18.5 Å². The Hall–Kier alpha value is -3.71. The summed E-state index contributed by atoms with van der Waals surface area (Å²) in [5, 5.41) is 7.80. The molecule has 7 heteroatoms. The minimum Gasteiger partial charge on any atom is -0.385 e. The number of hydrogen-bond acceptors (Lipinski definition) is 4. The molecule has 4 aromatic rings. The SMILES string of the molecule is S=C1N[C@@H](c2ccccn2)[C@@H](c2cccn2-c2cccnc2)N1CCCNc1ccccc1. The standard InChI is InChI=1S/C26H26N6S/c33-26-30-24(22-12-4-5-15-29-22)25(23-13-7-17-31(23)21-11-6-14-27-19-21)32(26)18-8-16-28-20-9-2-1-3-10-20/h1-7,9-15,17,19,24-25,28H,8,16,18H2,(H,30,33)/t24-,25+/m0/s1. The second kappa shape index (κ2) is 9.83. The first-order valence-electron chi connectivity index (χ1n) is 11.2. The Morgan fingerprint density at radius 2 is 1.82 bits per heavy atom. The maximum absolute atomic E-state index is 5.82. The maximum atomic E-state index is 5.82. The van der Waals surface area contributed by atoms with Gasteiger partial charge in [0.05, 0.1) is 29.7 Å². The lowest BCUT2D eigenvalue weighted by molar-refractivity contribution is 0.307. The van der Waals surface area contributed by atoms with Gasteiger partial charge in [0.15, 0.2) is 5.11 Å². The molecule has 1 saturated heterocycles. The van der Waals surface area contributed by atoms with Crippen molar-refractivity contribution >= 4 is 23.0 Å². The van der Waals surface area contributed by atoms with E-state index in [4.69, 9.17) is 12.2 Å². The summed E-state index contributed by atoms with van der Waals surface area (Å²) in [6.07, 6.45) is 8.55. The third-order valence-electron chi connectivity index (χ3n) is 5.88. The topological polar surface area (TPSA) is 58.0 Å². The van der Waals surface area contributed by atoms with Crippen LogP contribution in [0.5, 0.6) is 0 Å². The Morgan fingerprint density at radius 1 is 0.939 bits per heavy atom. The van der Waals surface area contributed by atoms with Crippen molar-refractivity contribution in [1.82, 2.24) is 24.8 Å². The van der Waals surface area contributed by atoms with E-state index in [1.165, 1.54) is 0 Å². The van der Waals surface area contributed by atoms with E-state index in [0.29, 0.717) is 0 Å². The number of pyridine rings is 2. The average Bonchev–Trinajstić information content (AvgIpc) is 3.48. The molecule has 1 aliphatic rings. The van der Waals surface area contributed by atoms with Gasteiger partial charge in [0.25, 0.3) is 0 Å². The summed E-state index contributed by atoms with van der Waals surface area (Å²) < 4.78 is 2.19. The van der Waals surface area contributed by atoms with Gasteiger partial charge in [0.2, 0.25) is 0 Å². The zero-order valence-electron chi connectivity index (χ0n) is 18.2. The van der Waals surface area contributed by atoms with E-state index in [-0.39, 0.29) is 12.1 Å². The molecule has 2 N–H and O–H groups in total. The Balaban J connectivity index is 1.41. The molecule has 1 aliphatic heterocycles. The van der Waals surface area contributed by atoms with E-state index in [0.717, 1.165) is 47.4 Å². The van der Waals surface area contributed by atoms with Crippen LogP contribution in [0.25, 0.3) is 5.69 Å². The van der Waals surface area contributed by atoms with Crippen LogP contribution in [0.15, 0.2) is 97.6 Å². The Morgan fingerprint density at radius 3 is 2.61 bits per heavy atom. The van der Waals surface area contributed by atoms with Crippen LogP contribution >= 0.6 is 12.2 Å². The van der Waals surface area contributed by atoms with E-state index < -0.39 is 0 Å². The van der Waals surface area contributed by atoms with Gasteiger partial charge in [0, 0.05) is 43.1 Å². The molecule has 1 fully saturated rings. The zero-order chi connectivity index (χ0) is 22.5. The fourth-order valence-corrected chi connectivity index (χ4v) is 4.70. The van der Waals surface area contributed by atoms with E-state index in [9.17, 15) is 0 Å². The number of nitrogens with one attached hydrogen (secondary N) is 2. The van der Waals surface area contributed by atoms with Gasteiger partial charge in [-0.3, -0.25) is 9.97 Å². The normalized spacial score (nSPS) is 17.7. The molecule has 0 amide bonds. The fraction of sp³-hybridized carbons (Fsp3) is 0.192. The molecule has 1 aromatic carbocycles. The van der Waals surface area contributed by atoms with Gasteiger partial charge in [-0.1, -0.05) is 24.3 Å². The van der Waals surface area contributed by atoms with Crippen LogP contribution in [0.3, 0.4) is 0 Å². The molecular weight excluding hydrogens is 428 g/mol. The van der Waals surface area contributed by atoms with Crippen LogP contribution in [-0.2, 0) is 0 Å². The van der Waals surface area contributed by atoms with Gasteiger partial charge in [-0.25, -0.2) is 0 Å². The molecule has 6 nitrogen and oxygen atoms in total. The first-order valence-corrected chi connectivity index (χ1v) is 11.6. The minimum atomic E-state index is -0.0360. The van der Waals surface area contributed by atoms with E-state index in [2.05, 4.69) is 72.7 Å². The van der Waals surface area contributed by atoms with E-state index in [1.807, 2.05) is 48.8 Å².